The zero-order chi connectivity index (χ0) is 15.9. The van der Waals surface area contributed by atoms with Crippen LogP contribution in [-0.4, -0.2) is 44.3 Å². The van der Waals surface area contributed by atoms with Gasteiger partial charge in [-0.1, -0.05) is 13.3 Å². The van der Waals surface area contributed by atoms with Crippen molar-refractivity contribution in [2.24, 2.45) is 0 Å². The van der Waals surface area contributed by atoms with Crippen LogP contribution in [0.2, 0.25) is 0 Å². The number of rotatable bonds is 7. The Hall–Kier alpha value is -2.10. The fourth-order valence-corrected chi connectivity index (χ4v) is 2.53. The number of nitrogens with zero attached hydrogens (tertiary/aromatic N) is 1. The molecule has 0 fully saturated rings. The van der Waals surface area contributed by atoms with Gasteiger partial charge in [-0.15, -0.1) is 0 Å². The first-order valence-electron chi connectivity index (χ1n) is 6.30. The minimum atomic E-state index is -4.13. The summed E-state index contributed by atoms with van der Waals surface area (Å²) in [7, 11) is -2.94. The number of nitrogens with one attached hydrogen (secondary N) is 3. The molecule has 0 aliphatic rings. The fourth-order valence-electron chi connectivity index (χ4n) is 1.47. The first kappa shape index (κ1) is 17.0. The smallest absolute Gasteiger partial charge is 0.328 e. The quantitative estimate of drug-likeness (QED) is 0.476. The van der Waals surface area contributed by atoms with Gasteiger partial charge >= 0.3 is 12.0 Å². The SMILES string of the molecule is CCCCNC(=O)NS(=O)(=O)c1[nH]ncc1CC(=O)OC. The normalized spacial score (nSPS) is 11.0. The Morgan fingerprint density at radius 3 is 2.76 bits per heavy atom. The van der Waals surface area contributed by atoms with Gasteiger partial charge in [0.05, 0.1) is 19.7 Å². The summed E-state index contributed by atoms with van der Waals surface area (Å²) in [4.78, 5) is 22.7. The summed E-state index contributed by atoms with van der Waals surface area (Å²) in [6, 6.07) is -0.831. The van der Waals surface area contributed by atoms with Crippen LogP contribution in [0.5, 0.6) is 0 Å². The maximum atomic E-state index is 12.0. The fraction of sp³-hybridized carbons (Fsp3) is 0.545. The molecule has 9 nitrogen and oxygen atoms in total. The van der Waals surface area contributed by atoms with Gasteiger partial charge in [-0.3, -0.25) is 9.89 Å². The number of carbonyl (C=O) groups excluding carboxylic acids is 2. The van der Waals surface area contributed by atoms with Crippen LogP contribution in [-0.2, 0) is 26.0 Å². The number of carbonyl (C=O) groups is 2. The molecule has 3 N–H and O–H groups in total. The van der Waals surface area contributed by atoms with Crippen molar-refractivity contribution in [2.45, 2.75) is 31.2 Å². The van der Waals surface area contributed by atoms with Crippen LogP contribution in [0, 0.1) is 0 Å². The molecule has 118 valence electrons. The van der Waals surface area contributed by atoms with Crippen LogP contribution < -0.4 is 10.0 Å². The maximum absolute atomic E-state index is 12.0. The summed E-state index contributed by atoms with van der Waals surface area (Å²) in [5, 5.41) is 7.92. The summed E-state index contributed by atoms with van der Waals surface area (Å²) in [6.07, 6.45) is 2.54. The Bertz CT molecular complexity index is 596. The predicted molar refractivity (Wildman–Crippen MR) is 72.9 cm³/mol. The molecule has 2 amide bonds. The van der Waals surface area contributed by atoms with E-state index in [1.165, 1.54) is 13.3 Å². The van der Waals surface area contributed by atoms with Crippen molar-refractivity contribution < 1.29 is 22.7 Å². The molecule has 0 saturated heterocycles. The molecule has 0 aliphatic heterocycles. The average Bonchev–Trinajstić information content (AvgIpc) is 2.87. The second kappa shape index (κ2) is 7.62. The molecular weight excluding hydrogens is 300 g/mol. The van der Waals surface area contributed by atoms with E-state index in [1.54, 1.807) is 0 Å². The van der Waals surface area contributed by atoms with Crippen molar-refractivity contribution in [3.05, 3.63) is 11.8 Å². The highest BCUT2D eigenvalue weighted by Gasteiger charge is 2.24. The minimum absolute atomic E-state index is 0.121. The molecule has 0 aliphatic carbocycles. The number of methoxy groups -OCH3 is 1. The zero-order valence-corrected chi connectivity index (χ0v) is 12.6. The molecule has 0 atom stereocenters. The minimum Gasteiger partial charge on any atom is -0.469 e. The molecule has 0 unspecified atom stereocenters. The lowest BCUT2D eigenvalue weighted by molar-refractivity contribution is -0.139. The Morgan fingerprint density at radius 2 is 2.14 bits per heavy atom. The van der Waals surface area contributed by atoms with Gasteiger partial charge in [0.15, 0.2) is 5.03 Å². The summed E-state index contributed by atoms with van der Waals surface area (Å²) in [5.41, 5.74) is 0.121. The van der Waals surface area contributed by atoms with Gasteiger partial charge in [0, 0.05) is 12.1 Å². The highest BCUT2D eigenvalue weighted by Crippen LogP contribution is 2.12. The van der Waals surface area contributed by atoms with Crippen LogP contribution in [0.1, 0.15) is 25.3 Å². The molecule has 10 heteroatoms. The number of hydrogen-bond acceptors (Lipinski definition) is 6. The molecule has 1 heterocycles. The lowest BCUT2D eigenvalue weighted by Crippen LogP contribution is -2.40. The lowest BCUT2D eigenvalue weighted by Gasteiger charge is -2.08. The van der Waals surface area contributed by atoms with Crippen LogP contribution in [0.3, 0.4) is 0 Å². The summed E-state index contributed by atoms with van der Waals surface area (Å²) in [5.74, 6) is -0.611. The van der Waals surface area contributed by atoms with Crippen LogP contribution >= 0.6 is 0 Å². The van der Waals surface area contributed by atoms with Gasteiger partial charge in [-0.2, -0.15) is 13.5 Å². The molecule has 0 saturated carbocycles. The lowest BCUT2D eigenvalue weighted by atomic mass is 10.3. The van der Waals surface area contributed by atoms with Crippen LogP contribution in [0.15, 0.2) is 11.2 Å². The van der Waals surface area contributed by atoms with Gasteiger partial charge in [0.1, 0.15) is 0 Å². The molecule has 21 heavy (non-hydrogen) atoms. The number of amides is 2. The number of urea groups is 1. The number of H-pyrrole nitrogens is 1. The number of aromatic nitrogens is 2. The van der Waals surface area contributed by atoms with E-state index in [0.29, 0.717) is 6.54 Å². The molecule has 0 radical (unpaired) electrons. The maximum Gasteiger partial charge on any atom is 0.328 e. The second-order valence-electron chi connectivity index (χ2n) is 4.19. The van der Waals surface area contributed by atoms with Crippen LogP contribution in [0.4, 0.5) is 4.79 Å². The Kier molecular flexibility index (Phi) is 6.15. The number of hydrogen-bond donors (Lipinski definition) is 3. The third-order valence-electron chi connectivity index (χ3n) is 2.55. The first-order valence-corrected chi connectivity index (χ1v) is 7.78. The predicted octanol–water partition coefficient (Wildman–Crippen LogP) is -0.0868. The van der Waals surface area contributed by atoms with E-state index in [1.807, 2.05) is 11.6 Å². The summed E-state index contributed by atoms with van der Waals surface area (Å²) < 4.78 is 30.4. The molecular formula is C11H18N4O5S. The van der Waals surface area contributed by atoms with E-state index in [-0.39, 0.29) is 17.0 Å². The third-order valence-corrected chi connectivity index (χ3v) is 3.90. The summed E-state index contributed by atoms with van der Waals surface area (Å²) in [6.45, 7) is 2.32. The van der Waals surface area contributed by atoms with Gasteiger partial charge in [-0.05, 0) is 6.42 Å². The third kappa shape index (κ3) is 5.06. The van der Waals surface area contributed by atoms with Gasteiger partial charge in [0.2, 0.25) is 0 Å². The second-order valence-corrected chi connectivity index (χ2v) is 5.81. The highest BCUT2D eigenvalue weighted by molar-refractivity contribution is 7.90. The molecule has 1 rings (SSSR count). The van der Waals surface area contributed by atoms with E-state index in [4.69, 9.17) is 0 Å². The standard InChI is InChI=1S/C11H18N4O5S/c1-3-4-5-12-11(17)15-21(18,19)10-8(7-13-14-10)6-9(16)20-2/h7H,3-6H2,1-2H3,(H,13,14)(H2,12,15,17). The zero-order valence-electron chi connectivity index (χ0n) is 11.8. The number of unbranched alkanes of at least 4 members (excludes halogenated alkanes) is 1. The topological polar surface area (TPSA) is 130 Å². The van der Waals surface area contributed by atoms with Crippen molar-refractivity contribution in [3.8, 4) is 0 Å². The van der Waals surface area contributed by atoms with E-state index in [2.05, 4.69) is 20.3 Å². The van der Waals surface area contributed by atoms with Gasteiger partial charge in [-0.25, -0.2) is 9.52 Å². The molecule has 0 spiro atoms. The van der Waals surface area contributed by atoms with Crippen LogP contribution in [0.25, 0.3) is 0 Å². The Morgan fingerprint density at radius 1 is 1.43 bits per heavy atom. The number of sulfonamides is 1. The van der Waals surface area contributed by atoms with E-state index < -0.39 is 22.0 Å². The van der Waals surface area contributed by atoms with Crippen molar-refractivity contribution in [1.29, 1.82) is 0 Å². The first-order chi connectivity index (χ1) is 9.90. The number of ether oxygens (including phenoxy) is 1. The Labute approximate surface area is 122 Å². The van der Waals surface area contributed by atoms with Crippen molar-refractivity contribution in [2.75, 3.05) is 13.7 Å². The monoisotopic (exact) mass is 318 g/mol. The molecule has 0 aromatic carbocycles. The Balaban J connectivity index is 2.77. The molecule has 1 aromatic heterocycles. The highest BCUT2D eigenvalue weighted by atomic mass is 32.2. The van der Waals surface area contributed by atoms with Gasteiger partial charge < -0.3 is 10.1 Å². The summed E-state index contributed by atoms with van der Waals surface area (Å²) >= 11 is 0. The number of aromatic amines is 1. The van der Waals surface area contributed by atoms with Crippen molar-refractivity contribution in [3.63, 3.8) is 0 Å². The van der Waals surface area contributed by atoms with E-state index in [0.717, 1.165) is 12.8 Å². The van der Waals surface area contributed by atoms with Crippen molar-refractivity contribution in [1.82, 2.24) is 20.2 Å². The molecule has 0 bridgehead atoms. The van der Waals surface area contributed by atoms with E-state index >= 15 is 0 Å². The average molecular weight is 318 g/mol. The number of esters is 1. The van der Waals surface area contributed by atoms with Gasteiger partial charge in [0.25, 0.3) is 10.0 Å². The molecule has 1 aromatic rings. The van der Waals surface area contributed by atoms with Crippen molar-refractivity contribution >= 4 is 22.0 Å². The largest absolute Gasteiger partial charge is 0.469 e. The van der Waals surface area contributed by atoms with E-state index in [9.17, 15) is 18.0 Å².